The van der Waals surface area contributed by atoms with E-state index in [1.807, 2.05) is 37.3 Å². The lowest BCUT2D eigenvalue weighted by Gasteiger charge is -2.01. The quantitative estimate of drug-likeness (QED) is 0.410. The minimum atomic E-state index is 0.753. The summed E-state index contributed by atoms with van der Waals surface area (Å²) in [5, 5.41) is 4.72. The molecule has 0 saturated carbocycles. The highest BCUT2D eigenvalue weighted by atomic mass is 32.2. The van der Waals surface area contributed by atoms with Crippen molar-refractivity contribution in [1.29, 1.82) is 0 Å². The van der Waals surface area contributed by atoms with Crippen molar-refractivity contribution in [2.75, 3.05) is 6.61 Å². The highest BCUT2D eigenvalue weighted by Gasteiger charge is 2.03. The van der Waals surface area contributed by atoms with Crippen LogP contribution in [0.3, 0.4) is 0 Å². The van der Waals surface area contributed by atoms with E-state index in [1.165, 1.54) is 31.3 Å². The molecule has 24 heavy (non-hydrogen) atoms. The summed E-state index contributed by atoms with van der Waals surface area (Å²) in [5.41, 5.74) is 2.99. The van der Waals surface area contributed by atoms with Gasteiger partial charge in [-0.05, 0) is 31.9 Å². The van der Waals surface area contributed by atoms with Crippen molar-refractivity contribution in [2.24, 2.45) is 0 Å². The van der Waals surface area contributed by atoms with E-state index in [2.05, 4.69) is 15.1 Å². The SMILES string of the molecule is Cc1cc(CCCCCCCOSc2nc3ccccc3[nH]2)on1. The third-order valence-corrected chi connectivity index (χ3v) is 4.47. The Morgan fingerprint density at radius 2 is 1.96 bits per heavy atom. The lowest BCUT2D eigenvalue weighted by atomic mass is 10.1. The van der Waals surface area contributed by atoms with E-state index in [0.717, 1.165) is 53.5 Å². The fourth-order valence-electron chi connectivity index (χ4n) is 2.59. The molecule has 0 saturated heterocycles. The Morgan fingerprint density at radius 1 is 1.12 bits per heavy atom. The summed E-state index contributed by atoms with van der Waals surface area (Å²) in [6, 6.07) is 10.0. The number of imidazole rings is 1. The minimum absolute atomic E-state index is 0.753. The van der Waals surface area contributed by atoms with Crippen LogP contribution in [0, 0.1) is 6.92 Å². The molecular formula is C18H23N3O2S. The normalized spacial score (nSPS) is 11.4. The van der Waals surface area contributed by atoms with Crippen LogP contribution in [0.1, 0.15) is 43.6 Å². The van der Waals surface area contributed by atoms with Crippen molar-refractivity contribution in [1.82, 2.24) is 15.1 Å². The van der Waals surface area contributed by atoms with Crippen molar-refractivity contribution in [2.45, 2.75) is 50.6 Å². The Morgan fingerprint density at radius 3 is 2.79 bits per heavy atom. The van der Waals surface area contributed by atoms with Gasteiger partial charge in [-0.15, -0.1) is 0 Å². The fraction of sp³-hybridized carbons (Fsp3) is 0.444. The summed E-state index contributed by atoms with van der Waals surface area (Å²) < 4.78 is 10.8. The number of aromatic amines is 1. The molecule has 0 spiro atoms. The highest BCUT2D eigenvalue weighted by molar-refractivity contribution is 7.94. The second-order valence-corrected chi connectivity index (χ2v) is 6.71. The average molecular weight is 345 g/mol. The lowest BCUT2D eigenvalue weighted by Crippen LogP contribution is -1.89. The molecule has 0 amide bonds. The van der Waals surface area contributed by atoms with E-state index >= 15 is 0 Å². The van der Waals surface area contributed by atoms with Crippen molar-refractivity contribution >= 4 is 23.1 Å². The molecular weight excluding hydrogens is 322 g/mol. The number of unbranched alkanes of at least 4 members (excludes halogenated alkanes) is 4. The third kappa shape index (κ3) is 5.11. The van der Waals surface area contributed by atoms with Crippen LogP contribution >= 0.6 is 12.0 Å². The summed E-state index contributed by atoms with van der Waals surface area (Å²) in [6.45, 7) is 2.71. The largest absolute Gasteiger partial charge is 0.361 e. The van der Waals surface area contributed by atoms with E-state index in [9.17, 15) is 0 Å². The van der Waals surface area contributed by atoms with E-state index in [-0.39, 0.29) is 0 Å². The van der Waals surface area contributed by atoms with Crippen LogP contribution < -0.4 is 0 Å². The number of nitrogens with zero attached hydrogens (tertiary/aromatic N) is 2. The molecule has 1 aromatic carbocycles. The maximum Gasteiger partial charge on any atom is 0.194 e. The second kappa shape index (κ2) is 8.89. The van der Waals surface area contributed by atoms with E-state index in [1.54, 1.807) is 0 Å². The Bertz CT molecular complexity index is 720. The van der Waals surface area contributed by atoms with E-state index in [0.29, 0.717) is 0 Å². The fourth-order valence-corrected chi connectivity index (χ4v) is 3.19. The predicted molar refractivity (Wildman–Crippen MR) is 95.9 cm³/mol. The molecule has 3 aromatic rings. The number of fused-ring (bicyclic) bond motifs is 1. The lowest BCUT2D eigenvalue weighted by molar-refractivity contribution is 0.351. The average Bonchev–Trinajstić information content (AvgIpc) is 3.18. The number of benzene rings is 1. The van der Waals surface area contributed by atoms with Gasteiger partial charge in [0.25, 0.3) is 0 Å². The van der Waals surface area contributed by atoms with Crippen molar-refractivity contribution < 1.29 is 8.71 Å². The molecule has 2 aromatic heterocycles. The van der Waals surface area contributed by atoms with Gasteiger partial charge in [0, 0.05) is 12.5 Å². The molecule has 0 aliphatic rings. The minimum Gasteiger partial charge on any atom is -0.361 e. The zero-order chi connectivity index (χ0) is 16.6. The first kappa shape index (κ1) is 17.0. The molecule has 1 N–H and O–H groups in total. The van der Waals surface area contributed by atoms with Crippen LogP contribution in [0.5, 0.6) is 0 Å². The molecule has 0 radical (unpaired) electrons. The van der Waals surface area contributed by atoms with Gasteiger partial charge in [-0.3, -0.25) is 0 Å². The van der Waals surface area contributed by atoms with Gasteiger partial charge in [-0.2, -0.15) is 0 Å². The number of hydrogen-bond acceptors (Lipinski definition) is 5. The molecule has 0 aliphatic heterocycles. The summed E-state index contributed by atoms with van der Waals surface area (Å²) in [4.78, 5) is 7.71. The topological polar surface area (TPSA) is 63.9 Å². The number of rotatable bonds is 10. The van der Waals surface area contributed by atoms with Crippen molar-refractivity contribution in [3.63, 3.8) is 0 Å². The molecule has 0 atom stereocenters. The first-order valence-electron chi connectivity index (χ1n) is 8.48. The van der Waals surface area contributed by atoms with Gasteiger partial charge in [0.1, 0.15) is 5.76 Å². The van der Waals surface area contributed by atoms with Gasteiger partial charge in [0.2, 0.25) is 0 Å². The Balaban J connectivity index is 1.21. The van der Waals surface area contributed by atoms with Crippen molar-refractivity contribution in [3.8, 4) is 0 Å². The highest BCUT2D eigenvalue weighted by Crippen LogP contribution is 2.20. The molecule has 0 bridgehead atoms. The standard InChI is InChI=1S/C18H23N3O2S/c1-14-13-15(23-21-14)9-5-3-2-4-8-12-22-24-18-19-16-10-6-7-11-17(16)20-18/h6-7,10-11,13H,2-5,8-9,12H2,1H3,(H,19,20). The van der Waals surface area contributed by atoms with Gasteiger partial charge < -0.3 is 13.7 Å². The van der Waals surface area contributed by atoms with Gasteiger partial charge >= 0.3 is 0 Å². The predicted octanol–water partition coefficient (Wildman–Crippen LogP) is 5.08. The van der Waals surface area contributed by atoms with Gasteiger partial charge in [0.15, 0.2) is 5.16 Å². The molecule has 6 heteroatoms. The number of hydrogen-bond donors (Lipinski definition) is 1. The number of para-hydroxylation sites is 2. The van der Waals surface area contributed by atoms with Crippen LogP contribution in [0.2, 0.25) is 0 Å². The van der Waals surface area contributed by atoms with Gasteiger partial charge in [-0.25, -0.2) is 4.98 Å². The molecule has 128 valence electrons. The summed E-state index contributed by atoms with van der Waals surface area (Å²) in [7, 11) is 0. The Hall–Kier alpha value is -1.79. The first-order chi connectivity index (χ1) is 11.8. The number of aromatic nitrogens is 3. The maximum absolute atomic E-state index is 5.63. The van der Waals surface area contributed by atoms with E-state index < -0.39 is 0 Å². The molecule has 0 aliphatic carbocycles. The molecule has 5 nitrogen and oxygen atoms in total. The van der Waals surface area contributed by atoms with Crippen LogP contribution in [0.15, 0.2) is 40.0 Å². The number of nitrogens with one attached hydrogen (secondary N) is 1. The summed E-state index contributed by atoms with van der Waals surface area (Å²) in [6.07, 6.45) is 6.86. The summed E-state index contributed by atoms with van der Waals surface area (Å²) >= 11 is 1.33. The monoisotopic (exact) mass is 345 g/mol. The van der Waals surface area contributed by atoms with Crippen LogP contribution in [0.25, 0.3) is 11.0 Å². The number of H-pyrrole nitrogens is 1. The number of aryl methyl sites for hydroxylation is 2. The smallest absolute Gasteiger partial charge is 0.194 e. The molecule has 0 unspecified atom stereocenters. The van der Waals surface area contributed by atoms with Crippen LogP contribution in [-0.2, 0) is 10.6 Å². The van der Waals surface area contributed by atoms with Gasteiger partial charge in [0.05, 0.1) is 35.4 Å². The molecule has 2 heterocycles. The Labute approximate surface area is 146 Å². The Kier molecular flexibility index (Phi) is 6.32. The molecule has 0 fully saturated rings. The van der Waals surface area contributed by atoms with Crippen LogP contribution in [0.4, 0.5) is 0 Å². The zero-order valence-corrected chi connectivity index (χ0v) is 14.8. The first-order valence-corrected chi connectivity index (χ1v) is 9.22. The third-order valence-electron chi connectivity index (χ3n) is 3.83. The van der Waals surface area contributed by atoms with Gasteiger partial charge in [-0.1, -0.05) is 36.6 Å². The second-order valence-electron chi connectivity index (χ2n) is 5.92. The zero-order valence-electron chi connectivity index (χ0n) is 14.0. The van der Waals surface area contributed by atoms with Crippen LogP contribution in [-0.4, -0.2) is 21.7 Å². The van der Waals surface area contributed by atoms with E-state index in [4.69, 9.17) is 8.71 Å². The van der Waals surface area contributed by atoms with Crippen molar-refractivity contribution in [3.05, 3.63) is 41.8 Å². The molecule has 3 rings (SSSR count). The maximum atomic E-state index is 5.63. The summed E-state index contributed by atoms with van der Waals surface area (Å²) in [5.74, 6) is 0.998.